The first-order valence-corrected chi connectivity index (χ1v) is 7.99. The predicted molar refractivity (Wildman–Crippen MR) is 82.8 cm³/mol. The van der Waals surface area contributed by atoms with Crippen molar-refractivity contribution < 1.29 is 9.47 Å². The molecule has 1 aromatic rings. The van der Waals surface area contributed by atoms with Crippen LogP contribution in [0.4, 0.5) is 0 Å². The Morgan fingerprint density at radius 3 is 2.65 bits per heavy atom. The fourth-order valence-electron chi connectivity index (χ4n) is 2.47. The molecule has 0 radical (unpaired) electrons. The Bertz CT molecular complexity index is 393. The third kappa shape index (κ3) is 5.04. The van der Waals surface area contributed by atoms with Gasteiger partial charge in [-0.25, -0.2) is 0 Å². The van der Waals surface area contributed by atoms with Crippen LogP contribution in [0.5, 0.6) is 11.5 Å². The molecule has 0 amide bonds. The van der Waals surface area contributed by atoms with Gasteiger partial charge in [0.25, 0.3) is 0 Å². The quantitative estimate of drug-likeness (QED) is 0.737. The van der Waals surface area contributed by atoms with Gasteiger partial charge in [0.1, 0.15) is 0 Å². The van der Waals surface area contributed by atoms with Gasteiger partial charge < -0.3 is 14.8 Å². The smallest absolute Gasteiger partial charge is 0.161 e. The van der Waals surface area contributed by atoms with E-state index in [1.165, 1.54) is 31.2 Å². The minimum atomic E-state index is 0.762. The highest BCUT2D eigenvalue weighted by molar-refractivity contribution is 5.43. The summed E-state index contributed by atoms with van der Waals surface area (Å²) in [5.74, 6) is 1.82. The lowest BCUT2D eigenvalue weighted by molar-refractivity contribution is 0.297. The van der Waals surface area contributed by atoms with Crippen LogP contribution < -0.4 is 14.8 Å². The third-order valence-electron chi connectivity index (χ3n) is 3.63. The molecule has 1 aliphatic rings. The van der Waals surface area contributed by atoms with E-state index >= 15 is 0 Å². The Morgan fingerprint density at radius 1 is 1.00 bits per heavy atom. The molecule has 0 saturated heterocycles. The van der Waals surface area contributed by atoms with Crippen LogP contribution in [0.25, 0.3) is 0 Å². The van der Waals surface area contributed by atoms with Crippen LogP contribution in [0.15, 0.2) is 18.2 Å². The second kappa shape index (κ2) is 8.85. The number of ether oxygens (including phenoxy) is 2. The fourth-order valence-corrected chi connectivity index (χ4v) is 2.47. The van der Waals surface area contributed by atoms with Crippen molar-refractivity contribution in [2.24, 2.45) is 0 Å². The molecule has 0 unspecified atom stereocenters. The molecule has 3 nitrogen and oxygen atoms in total. The monoisotopic (exact) mass is 277 g/mol. The van der Waals surface area contributed by atoms with E-state index in [4.69, 9.17) is 9.47 Å². The van der Waals surface area contributed by atoms with E-state index in [9.17, 15) is 0 Å². The van der Waals surface area contributed by atoms with E-state index in [-0.39, 0.29) is 0 Å². The van der Waals surface area contributed by atoms with Crippen molar-refractivity contribution in [3.63, 3.8) is 0 Å². The lowest BCUT2D eigenvalue weighted by Gasteiger charge is -2.09. The number of hydrogen-bond acceptors (Lipinski definition) is 3. The summed E-state index contributed by atoms with van der Waals surface area (Å²) in [4.78, 5) is 0. The number of unbranched alkanes of at least 4 members (excludes halogenated alkanes) is 3. The summed E-state index contributed by atoms with van der Waals surface area (Å²) in [7, 11) is 0. The highest BCUT2D eigenvalue weighted by atomic mass is 16.5. The van der Waals surface area contributed by atoms with E-state index < -0.39 is 0 Å². The zero-order valence-corrected chi connectivity index (χ0v) is 12.6. The van der Waals surface area contributed by atoms with E-state index in [0.717, 1.165) is 50.6 Å². The number of benzene rings is 1. The summed E-state index contributed by atoms with van der Waals surface area (Å²) in [6.45, 7) is 5.92. The molecule has 1 aliphatic heterocycles. The summed E-state index contributed by atoms with van der Waals surface area (Å²) >= 11 is 0. The standard InChI is InChI=1S/C17H27NO2/c1-2-18-11-6-4-3-5-8-15-9-10-16-17(14-15)20-13-7-12-19-16/h9-10,14,18H,2-8,11-13H2,1H3. The molecule has 0 atom stereocenters. The predicted octanol–water partition coefficient (Wildman–Crippen LogP) is 3.56. The van der Waals surface area contributed by atoms with Crippen molar-refractivity contribution in [1.29, 1.82) is 0 Å². The maximum Gasteiger partial charge on any atom is 0.161 e. The summed E-state index contributed by atoms with van der Waals surface area (Å²) < 4.78 is 11.4. The SMILES string of the molecule is CCNCCCCCCc1ccc2c(c1)OCCCO2. The van der Waals surface area contributed by atoms with Crippen molar-refractivity contribution in [2.45, 2.75) is 45.4 Å². The first kappa shape index (κ1) is 15.2. The third-order valence-corrected chi connectivity index (χ3v) is 3.63. The van der Waals surface area contributed by atoms with Crippen molar-refractivity contribution in [1.82, 2.24) is 5.32 Å². The molecule has 112 valence electrons. The molecular formula is C17H27NO2. The van der Waals surface area contributed by atoms with Gasteiger partial charge in [0.15, 0.2) is 11.5 Å². The molecule has 1 N–H and O–H groups in total. The zero-order valence-electron chi connectivity index (χ0n) is 12.6. The number of rotatable bonds is 8. The first-order chi connectivity index (χ1) is 9.90. The lowest BCUT2D eigenvalue weighted by atomic mass is 10.1. The Balaban J connectivity index is 1.69. The molecule has 0 aromatic heterocycles. The van der Waals surface area contributed by atoms with Crippen LogP contribution in [0.2, 0.25) is 0 Å². The highest BCUT2D eigenvalue weighted by Crippen LogP contribution is 2.30. The van der Waals surface area contributed by atoms with Crippen LogP contribution in [-0.4, -0.2) is 26.3 Å². The van der Waals surface area contributed by atoms with Crippen LogP contribution >= 0.6 is 0 Å². The number of nitrogens with one attached hydrogen (secondary N) is 1. The fraction of sp³-hybridized carbons (Fsp3) is 0.647. The van der Waals surface area contributed by atoms with E-state index in [1.54, 1.807) is 0 Å². The second-order valence-electron chi connectivity index (χ2n) is 5.35. The summed E-state index contributed by atoms with van der Waals surface area (Å²) in [6, 6.07) is 6.38. The minimum Gasteiger partial charge on any atom is -0.490 e. The van der Waals surface area contributed by atoms with Gasteiger partial charge in [0.05, 0.1) is 13.2 Å². The number of aryl methyl sites for hydroxylation is 1. The Kier molecular flexibility index (Phi) is 6.72. The molecule has 0 saturated carbocycles. The molecular weight excluding hydrogens is 250 g/mol. The van der Waals surface area contributed by atoms with Gasteiger partial charge in [0, 0.05) is 6.42 Å². The first-order valence-electron chi connectivity index (χ1n) is 7.99. The van der Waals surface area contributed by atoms with Crippen molar-refractivity contribution in [3.8, 4) is 11.5 Å². The van der Waals surface area contributed by atoms with Crippen molar-refractivity contribution in [2.75, 3.05) is 26.3 Å². The van der Waals surface area contributed by atoms with Crippen molar-refractivity contribution >= 4 is 0 Å². The molecule has 20 heavy (non-hydrogen) atoms. The van der Waals surface area contributed by atoms with Crippen LogP contribution in [-0.2, 0) is 6.42 Å². The van der Waals surface area contributed by atoms with Crippen LogP contribution in [0, 0.1) is 0 Å². The van der Waals surface area contributed by atoms with Gasteiger partial charge in [-0.3, -0.25) is 0 Å². The van der Waals surface area contributed by atoms with Crippen LogP contribution in [0.3, 0.4) is 0 Å². The van der Waals surface area contributed by atoms with Crippen molar-refractivity contribution in [3.05, 3.63) is 23.8 Å². The lowest BCUT2D eigenvalue weighted by Crippen LogP contribution is -2.13. The second-order valence-corrected chi connectivity index (χ2v) is 5.35. The normalized spacial score (nSPS) is 14.1. The molecule has 3 heteroatoms. The largest absolute Gasteiger partial charge is 0.490 e. The summed E-state index contributed by atoms with van der Waals surface area (Å²) in [5, 5.41) is 3.37. The van der Waals surface area contributed by atoms with E-state index in [0.29, 0.717) is 0 Å². The average molecular weight is 277 g/mol. The zero-order chi connectivity index (χ0) is 14.0. The Morgan fingerprint density at radius 2 is 1.80 bits per heavy atom. The minimum absolute atomic E-state index is 0.762. The summed E-state index contributed by atoms with van der Waals surface area (Å²) in [5.41, 5.74) is 1.36. The van der Waals surface area contributed by atoms with Gasteiger partial charge >= 0.3 is 0 Å². The molecule has 0 spiro atoms. The van der Waals surface area contributed by atoms with Gasteiger partial charge in [-0.15, -0.1) is 0 Å². The average Bonchev–Trinajstić information content (AvgIpc) is 2.71. The Hall–Kier alpha value is -1.22. The molecule has 1 heterocycles. The van der Waals surface area contributed by atoms with E-state index in [2.05, 4.69) is 30.4 Å². The summed E-state index contributed by atoms with van der Waals surface area (Å²) in [6.07, 6.45) is 7.27. The van der Waals surface area contributed by atoms with E-state index in [1.807, 2.05) is 0 Å². The molecule has 1 aromatic carbocycles. The maximum atomic E-state index is 5.73. The Labute approximate surface area is 122 Å². The van der Waals surface area contributed by atoms with Gasteiger partial charge in [-0.1, -0.05) is 25.8 Å². The number of hydrogen-bond donors (Lipinski definition) is 1. The van der Waals surface area contributed by atoms with Gasteiger partial charge in [0.2, 0.25) is 0 Å². The van der Waals surface area contributed by atoms with Crippen LogP contribution in [0.1, 0.15) is 44.6 Å². The number of fused-ring (bicyclic) bond motifs is 1. The van der Waals surface area contributed by atoms with Gasteiger partial charge in [-0.2, -0.15) is 0 Å². The molecule has 0 bridgehead atoms. The topological polar surface area (TPSA) is 30.5 Å². The molecule has 2 rings (SSSR count). The molecule has 0 aliphatic carbocycles. The highest BCUT2D eigenvalue weighted by Gasteiger charge is 2.10. The molecule has 0 fully saturated rings. The van der Waals surface area contributed by atoms with Gasteiger partial charge in [-0.05, 0) is 50.0 Å². The maximum absolute atomic E-state index is 5.73.